The lowest BCUT2D eigenvalue weighted by Gasteiger charge is -2.19. The van der Waals surface area contributed by atoms with Gasteiger partial charge < -0.3 is 10.1 Å². The number of hydrogen-bond acceptors (Lipinski definition) is 2. The van der Waals surface area contributed by atoms with Crippen molar-refractivity contribution in [1.29, 1.82) is 0 Å². The molecule has 3 aromatic carbocycles. The van der Waals surface area contributed by atoms with Crippen LogP contribution in [0.4, 0.5) is 23.2 Å². The first-order chi connectivity index (χ1) is 14.0. The molecule has 0 unspecified atom stereocenters. The van der Waals surface area contributed by atoms with Crippen LogP contribution in [0.25, 0.3) is 0 Å². The topological polar surface area (TPSA) is 21.3 Å². The summed E-state index contributed by atoms with van der Waals surface area (Å²) in [4.78, 5) is 0. The number of ether oxygens (including phenoxy) is 1. The van der Waals surface area contributed by atoms with Crippen LogP contribution in [0.5, 0.6) is 11.5 Å². The number of benzene rings is 3. The lowest BCUT2D eigenvalue weighted by atomic mass is 9.87. The van der Waals surface area contributed by atoms with Gasteiger partial charge in [-0.05, 0) is 53.4 Å². The number of hydrogen-bond donors (Lipinski definition) is 1. The fourth-order valence-corrected chi connectivity index (χ4v) is 2.92. The van der Waals surface area contributed by atoms with Crippen LogP contribution in [0.15, 0.2) is 66.7 Å². The van der Waals surface area contributed by atoms with Gasteiger partial charge in [-0.2, -0.15) is 13.2 Å². The van der Waals surface area contributed by atoms with Crippen molar-refractivity contribution in [3.8, 4) is 11.5 Å². The molecule has 2 nitrogen and oxygen atoms in total. The maximum atomic E-state index is 13.9. The highest BCUT2D eigenvalue weighted by Crippen LogP contribution is 2.31. The van der Waals surface area contributed by atoms with E-state index in [0.717, 1.165) is 23.8 Å². The number of anilines is 1. The minimum Gasteiger partial charge on any atom is -0.457 e. The van der Waals surface area contributed by atoms with Gasteiger partial charge in [0.05, 0.1) is 5.56 Å². The molecule has 0 aliphatic heterocycles. The lowest BCUT2D eigenvalue weighted by Crippen LogP contribution is -2.10. The van der Waals surface area contributed by atoms with E-state index < -0.39 is 17.6 Å². The van der Waals surface area contributed by atoms with Gasteiger partial charge in [0.25, 0.3) is 0 Å². The van der Waals surface area contributed by atoms with Crippen molar-refractivity contribution in [2.75, 3.05) is 5.32 Å². The molecular formula is C24H23F4NO. The molecule has 0 atom stereocenters. The minimum absolute atomic E-state index is 0.0161. The van der Waals surface area contributed by atoms with Crippen molar-refractivity contribution < 1.29 is 22.3 Å². The van der Waals surface area contributed by atoms with Crippen LogP contribution in [0.2, 0.25) is 0 Å². The van der Waals surface area contributed by atoms with E-state index in [-0.39, 0.29) is 17.5 Å². The number of nitrogens with one attached hydrogen (secondary N) is 1. The fourth-order valence-electron chi connectivity index (χ4n) is 2.92. The monoisotopic (exact) mass is 417 g/mol. The Labute approximate surface area is 173 Å². The smallest absolute Gasteiger partial charge is 0.416 e. The Kier molecular flexibility index (Phi) is 6.06. The predicted molar refractivity (Wildman–Crippen MR) is 110 cm³/mol. The van der Waals surface area contributed by atoms with Crippen LogP contribution in [-0.4, -0.2) is 0 Å². The molecule has 3 aromatic rings. The normalized spacial score (nSPS) is 12.0. The Morgan fingerprint density at radius 3 is 2.13 bits per heavy atom. The van der Waals surface area contributed by atoms with Crippen molar-refractivity contribution >= 4 is 5.69 Å². The van der Waals surface area contributed by atoms with Gasteiger partial charge in [0.15, 0.2) is 0 Å². The largest absolute Gasteiger partial charge is 0.457 e. The van der Waals surface area contributed by atoms with Crippen molar-refractivity contribution in [2.24, 2.45) is 0 Å². The second-order valence-corrected chi connectivity index (χ2v) is 8.07. The van der Waals surface area contributed by atoms with Gasteiger partial charge in [0, 0.05) is 23.9 Å². The van der Waals surface area contributed by atoms with E-state index in [4.69, 9.17) is 4.74 Å². The number of rotatable bonds is 5. The molecule has 0 radical (unpaired) electrons. The highest BCUT2D eigenvalue weighted by Gasteiger charge is 2.31. The van der Waals surface area contributed by atoms with E-state index in [2.05, 4.69) is 26.1 Å². The average molecular weight is 417 g/mol. The zero-order valence-corrected chi connectivity index (χ0v) is 17.0. The number of alkyl halides is 3. The summed E-state index contributed by atoms with van der Waals surface area (Å²) >= 11 is 0. The van der Waals surface area contributed by atoms with Gasteiger partial charge in [-0.1, -0.05) is 39.0 Å². The summed E-state index contributed by atoms with van der Waals surface area (Å²) in [6, 6.07) is 17.2. The lowest BCUT2D eigenvalue weighted by molar-refractivity contribution is -0.137. The fraction of sp³-hybridized carbons (Fsp3) is 0.250. The second kappa shape index (κ2) is 8.38. The molecule has 0 amide bonds. The van der Waals surface area contributed by atoms with Crippen molar-refractivity contribution in [3.63, 3.8) is 0 Å². The van der Waals surface area contributed by atoms with Gasteiger partial charge in [0.1, 0.15) is 17.3 Å². The third-order valence-corrected chi connectivity index (χ3v) is 4.63. The Bertz CT molecular complexity index is 1020. The zero-order chi connectivity index (χ0) is 21.9. The summed E-state index contributed by atoms with van der Waals surface area (Å²) in [7, 11) is 0. The summed E-state index contributed by atoms with van der Waals surface area (Å²) in [5, 5.41) is 2.95. The maximum Gasteiger partial charge on any atom is 0.416 e. The van der Waals surface area contributed by atoms with E-state index in [1.807, 2.05) is 24.3 Å². The van der Waals surface area contributed by atoms with E-state index in [0.29, 0.717) is 17.2 Å². The maximum absolute atomic E-state index is 13.9. The molecule has 158 valence electrons. The molecule has 30 heavy (non-hydrogen) atoms. The SMILES string of the molecule is CC(C)(C)c1cccc(Oc2cccc(NCc3cc(C(F)(F)F)ccc3F)c2)c1. The third-order valence-electron chi connectivity index (χ3n) is 4.63. The van der Waals surface area contributed by atoms with Crippen LogP contribution >= 0.6 is 0 Å². The van der Waals surface area contributed by atoms with Gasteiger partial charge in [-0.15, -0.1) is 0 Å². The Balaban J connectivity index is 1.73. The Hall–Kier alpha value is -3.02. The molecule has 0 saturated heterocycles. The highest BCUT2D eigenvalue weighted by atomic mass is 19.4. The van der Waals surface area contributed by atoms with Gasteiger partial charge in [0.2, 0.25) is 0 Å². The summed E-state index contributed by atoms with van der Waals surface area (Å²) in [5.74, 6) is 0.556. The van der Waals surface area contributed by atoms with Crippen molar-refractivity contribution in [3.05, 3.63) is 89.2 Å². The van der Waals surface area contributed by atoms with Crippen LogP contribution in [0.1, 0.15) is 37.5 Å². The molecule has 0 fully saturated rings. The molecular weight excluding hydrogens is 394 g/mol. The summed E-state index contributed by atoms with van der Waals surface area (Å²) in [6.07, 6.45) is -4.52. The quantitative estimate of drug-likeness (QED) is 0.433. The predicted octanol–water partition coefficient (Wildman–Crippen LogP) is 7.55. The van der Waals surface area contributed by atoms with Crippen molar-refractivity contribution in [1.82, 2.24) is 0 Å². The molecule has 0 spiro atoms. The van der Waals surface area contributed by atoms with Gasteiger partial charge >= 0.3 is 6.18 Å². The summed E-state index contributed by atoms with van der Waals surface area (Å²) in [6.45, 7) is 6.26. The molecule has 0 aromatic heterocycles. The summed E-state index contributed by atoms with van der Waals surface area (Å²) < 4.78 is 58.5. The van der Waals surface area contributed by atoms with Crippen LogP contribution < -0.4 is 10.1 Å². The first-order valence-electron chi connectivity index (χ1n) is 9.50. The Morgan fingerprint density at radius 1 is 0.800 bits per heavy atom. The molecule has 0 aliphatic carbocycles. The molecule has 0 saturated carbocycles. The first-order valence-corrected chi connectivity index (χ1v) is 9.50. The average Bonchev–Trinajstić information content (AvgIpc) is 2.66. The molecule has 0 bridgehead atoms. The highest BCUT2D eigenvalue weighted by molar-refractivity contribution is 5.50. The van der Waals surface area contributed by atoms with E-state index >= 15 is 0 Å². The van der Waals surface area contributed by atoms with Crippen LogP contribution in [0.3, 0.4) is 0 Å². The summed E-state index contributed by atoms with van der Waals surface area (Å²) in [5.41, 5.74) is 0.786. The van der Waals surface area contributed by atoms with E-state index in [9.17, 15) is 17.6 Å². The Morgan fingerprint density at radius 2 is 1.47 bits per heavy atom. The molecule has 0 aliphatic rings. The van der Waals surface area contributed by atoms with Crippen molar-refractivity contribution in [2.45, 2.75) is 38.9 Å². The zero-order valence-electron chi connectivity index (χ0n) is 17.0. The molecule has 6 heteroatoms. The third kappa shape index (κ3) is 5.53. The minimum atomic E-state index is -4.52. The number of halogens is 4. The standard InChI is InChI=1S/C24H23F4NO/c1-23(2,3)17-6-4-8-20(13-17)30-21-9-5-7-19(14-21)29-15-16-12-18(24(26,27)28)10-11-22(16)25/h4-14,29H,15H2,1-3H3. The van der Waals surface area contributed by atoms with Crippen LogP contribution in [-0.2, 0) is 18.1 Å². The van der Waals surface area contributed by atoms with Gasteiger partial charge in [-0.25, -0.2) is 4.39 Å². The molecule has 3 rings (SSSR count). The van der Waals surface area contributed by atoms with Crippen LogP contribution in [0, 0.1) is 5.82 Å². The molecule has 0 heterocycles. The van der Waals surface area contributed by atoms with E-state index in [1.54, 1.807) is 24.3 Å². The van der Waals surface area contributed by atoms with Gasteiger partial charge in [-0.3, -0.25) is 0 Å². The second-order valence-electron chi connectivity index (χ2n) is 8.07. The molecule has 1 N–H and O–H groups in total. The van der Waals surface area contributed by atoms with E-state index in [1.165, 1.54) is 0 Å². The first kappa shape index (κ1) is 21.7.